The first-order valence-electron chi connectivity index (χ1n) is 8.15. The van der Waals surface area contributed by atoms with E-state index in [0.717, 1.165) is 31.0 Å². The van der Waals surface area contributed by atoms with Crippen molar-refractivity contribution in [3.63, 3.8) is 0 Å². The lowest BCUT2D eigenvalue weighted by Crippen LogP contribution is -2.45. The Balaban J connectivity index is 1.69. The highest BCUT2D eigenvalue weighted by atomic mass is 127. The Hall–Kier alpha value is 0.0200. The van der Waals surface area contributed by atoms with E-state index in [1.807, 2.05) is 12.1 Å². The number of carbonyl (C=O) groups excluding carboxylic acids is 2. The summed E-state index contributed by atoms with van der Waals surface area (Å²) in [6.45, 7) is 0. The summed E-state index contributed by atoms with van der Waals surface area (Å²) in [5, 5.41) is 0. The molecule has 3 saturated carbocycles. The molecule has 0 radical (unpaired) electrons. The van der Waals surface area contributed by atoms with E-state index in [1.165, 1.54) is 19.3 Å². The number of rotatable bonds is 0. The molecule has 1 aromatic rings. The fourth-order valence-corrected chi connectivity index (χ4v) is 8.29. The van der Waals surface area contributed by atoms with Gasteiger partial charge in [-0.15, -0.1) is 0 Å². The van der Waals surface area contributed by atoms with Gasteiger partial charge in [0.2, 0.25) is 0 Å². The van der Waals surface area contributed by atoms with Crippen LogP contribution in [0.4, 0.5) is 0 Å². The van der Waals surface area contributed by atoms with Crippen LogP contribution in [0.3, 0.4) is 0 Å². The van der Waals surface area contributed by atoms with Gasteiger partial charge in [-0.3, -0.25) is 9.59 Å². The molecule has 0 amide bonds. The quantitative estimate of drug-likeness (QED) is 0.472. The first-order chi connectivity index (χ1) is 10.6. The highest BCUT2D eigenvalue weighted by molar-refractivity contribution is 14.1. The first kappa shape index (κ1) is 14.4. The lowest BCUT2D eigenvalue weighted by molar-refractivity contribution is 0.0533. The van der Waals surface area contributed by atoms with E-state index in [2.05, 4.69) is 45.2 Å². The molecule has 4 aliphatic rings. The van der Waals surface area contributed by atoms with Gasteiger partial charge in [-0.2, -0.15) is 0 Å². The van der Waals surface area contributed by atoms with Crippen molar-refractivity contribution >= 4 is 56.7 Å². The SMILES string of the molecule is O=C1c2cc(I)cc(I)c2C(=O)C2C3CC(C4CCCC43)C12. The van der Waals surface area contributed by atoms with Crippen molar-refractivity contribution in [1.29, 1.82) is 0 Å². The fraction of sp³-hybridized carbons (Fsp3) is 0.556. The second-order valence-corrected chi connectivity index (χ2v) is 9.82. The first-order valence-corrected chi connectivity index (χ1v) is 10.3. The maximum absolute atomic E-state index is 13.2. The second kappa shape index (κ2) is 4.77. The molecule has 0 saturated heterocycles. The van der Waals surface area contributed by atoms with Crippen molar-refractivity contribution in [2.24, 2.45) is 35.5 Å². The largest absolute Gasteiger partial charge is 0.294 e. The molecule has 114 valence electrons. The van der Waals surface area contributed by atoms with Gasteiger partial charge in [0.25, 0.3) is 0 Å². The van der Waals surface area contributed by atoms with E-state index in [9.17, 15) is 9.59 Å². The third-order valence-corrected chi connectivity index (χ3v) is 8.22. The Labute approximate surface area is 157 Å². The number of halogens is 2. The predicted molar refractivity (Wildman–Crippen MR) is 99.9 cm³/mol. The number of fused-ring (bicyclic) bond motifs is 9. The number of Topliss-reactive ketones (excluding diaryl/α,β-unsaturated/α-hetero) is 2. The summed E-state index contributed by atoms with van der Waals surface area (Å²) in [7, 11) is 0. The average Bonchev–Trinajstić information content (AvgIpc) is 3.14. The van der Waals surface area contributed by atoms with Gasteiger partial charge in [-0.05, 0) is 100 Å². The van der Waals surface area contributed by atoms with Crippen LogP contribution in [0.2, 0.25) is 0 Å². The van der Waals surface area contributed by atoms with E-state index >= 15 is 0 Å². The molecular formula is C18H16I2O2. The Bertz CT molecular complexity index is 726. The molecule has 4 heteroatoms. The molecule has 0 spiro atoms. The summed E-state index contributed by atoms with van der Waals surface area (Å²) in [4.78, 5) is 26.4. The molecule has 0 heterocycles. The van der Waals surface area contributed by atoms with E-state index in [-0.39, 0.29) is 23.4 Å². The van der Waals surface area contributed by atoms with Crippen LogP contribution >= 0.6 is 45.2 Å². The van der Waals surface area contributed by atoms with Crippen molar-refractivity contribution in [3.8, 4) is 0 Å². The minimum atomic E-state index is -0.00192. The van der Waals surface area contributed by atoms with Crippen LogP contribution < -0.4 is 0 Å². The van der Waals surface area contributed by atoms with Crippen molar-refractivity contribution in [1.82, 2.24) is 0 Å². The lowest BCUT2D eigenvalue weighted by Gasteiger charge is -2.40. The molecule has 5 rings (SSSR count). The number of hydrogen-bond acceptors (Lipinski definition) is 2. The second-order valence-electron chi connectivity index (χ2n) is 7.41. The molecule has 1 aromatic carbocycles. The molecule has 4 aliphatic carbocycles. The lowest BCUT2D eigenvalue weighted by atomic mass is 9.62. The predicted octanol–water partition coefficient (Wildman–Crippen LogP) is 4.57. The Morgan fingerprint density at radius 1 is 0.864 bits per heavy atom. The average molecular weight is 518 g/mol. The zero-order chi connectivity index (χ0) is 15.2. The van der Waals surface area contributed by atoms with Crippen LogP contribution in [0.15, 0.2) is 12.1 Å². The maximum atomic E-state index is 13.2. The summed E-state index contributed by atoms with van der Waals surface area (Å²) >= 11 is 4.48. The molecule has 3 fully saturated rings. The van der Waals surface area contributed by atoms with Gasteiger partial charge < -0.3 is 0 Å². The van der Waals surface area contributed by atoms with Crippen LogP contribution in [0.25, 0.3) is 0 Å². The summed E-state index contributed by atoms with van der Waals surface area (Å²) in [5.74, 6) is 2.98. The number of hydrogen-bond donors (Lipinski definition) is 0. The highest BCUT2D eigenvalue weighted by Gasteiger charge is 2.64. The van der Waals surface area contributed by atoms with E-state index < -0.39 is 0 Å². The van der Waals surface area contributed by atoms with E-state index in [1.54, 1.807) is 0 Å². The van der Waals surface area contributed by atoms with Crippen molar-refractivity contribution < 1.29 is 9.59 Å². The molecular weight excluding hydrogens is 502 g/mol. The molecule has 2 bridgehead atoms. The molecule has 6 atom stereocenters. The molecule has 6 unspecified atom stereocenters. The number of carbonyl (C=O) groups is 2. The molecule has 0 aromatic heterocycles. The Morgan fingerprint density at radius 2 is 1.50 bits per heavy atom. The maximum Gasteiger partial charge on any atom is 0.168 e. The number of benzene rings is 1. The standard InChI is InChI=1S/C18H16I2O2/c19-7-4-12-14(13(20)5-7)18(22)16-11-6-10(15(16)17(12)21)8-2-1-3-9(8)11/h4-5,8-11,15-16H,1-3,6H2. The van der Waals surface area contributed by atoms with Gasteiger partial charge >= 0.3 is 0 Å². The van der Waals surface area contributed by atoms with Gasteiger partial charge in [-0.1, -0.05) is 6.42 Å². The van der Waals surface area contributed by atoms with Crippen LogP contribution in [0, 0.1) is 42.6 Å². The van der Waals surface area contributed by atoms with Gasteiger partial charge in [0.15, 0.2) is 11.6 Å². The normalized spacial score (nSPS) is 41.5. The third-order valence-electron chi connectivity index (χ3n) is 6.75. The highest BCUT2D eigenvalue weighted by Crippen LogP contribution is 2.65. The van der Waals surface area contributed by atoms with E-state index in [4.69, 9.17) is 0 Å². The summed E-state index contributed by atoms with van der Waals surface area (Å²) in [6, 6.07) is 3.96. The van der Waals surface area contributed by atoms with Crippen LogP contribution in [-0.4, -0.2) is 11.6 Å². The van der Waals surface area contributed by atoms with Crippen molar-refractivity contribution in [3.05, 3.63) is 30.4 Å². The molecule has 0 N–H and O–H groups in total. The molecule has 2 nitrogen and oxygen atoms in total. The molecule has 0 aliphatic heterocycles. The van der Waals surface area contributed by atoms with Gasteiger partial charge in [0, 0.05) is 30.1 Å². The summed E-state index contributed by atoms with van der Waals surface area (Å²) in [6.07, 6.45) is 5.00. The van der Waals surface area contributed by atoms with E-state index in [0.29, 0.717) is 17.4 Å². The van der Waals surface area contributed by atoms with Crippen LogP contribution in [-0.2, 0) is 0 Å². The van der Waals surface area contributed by atoms with Crippen molar-refractivity contribution in [2.45, 2.75) is 25.7 Å². The fourth-order valence-electron chi connectivity index (χ4n) is 6.18. The van der Waals surface area contributed by atoms with Crippen molar-refractivity contribution in [2.75, 3.05) is 0 Å². The van der Waals surface area contributed by atoms with Gasteiger partial charge in [-0.25, -0.2) is 0 Å². The monoisotopic (exact) mass is 518 g/mol. The van der Waals surface area contributed by atoms with Crippen LogP contribution in [0.1, 0.15) is 46.4 Å². The zero-order valence-electron chi connectivity index (χ0n) is 12.0. The smallest absolute Gasteiger partial charge is 0.168 e. The summed E-state index contributed by atoms with van der Waals surface area (Å²) in [5.41, 5.74) is 1.44. The van der Waals surface area contributed by atoms with Gasteiger partial charge in [0.1, 0.15) is 0 Å². The minimum absolute atomic E-state index is 0.00153. The topological polar surface area (TPSA) is 34.1 Å². The third kappa shape index (κ3) is 1.66. The van der Waals surface area contributed by atoms with Gasteiger partial charge in [0.05, 0.1) is 0 Å². The minimum Gasteiger partial charge on any atom is -0.294 e. The Morgan fingerprint density at radius 3 is 2.18 bits per heavy atom. The Kier molecular flexibility index (Phi) is 3.12. The zero-order valence-corrected chi connectivity index (χ0v) is 16.3. The van der Waals surface area contributed by atoms with Crippen LogP contribution in [0.5, 0.6) is 0 Å². The summed E-state index contributed by atoms with van der Waals surface area (Å²) < 4.78 is 2.02. The number of ketones is 2. The molecule has 22 heavy (non-hydrogen) atoms.